The van der Waals surface area contributed by atoms with Crippen LogP contribution in [0.3, 0.4) is 0 Å². The van der Waals surface area contributed by atoms with Gasteiger partial charge in [-0.3, -0.25) is 4.79 Å². The molecule has 0 heterocycles. The number of aryl methyl sites for hydroxylation is 2. The first kappa shape index (κ1) is 17.6. The molecule has 2 aromatic carbocycles. The normalized spacial score (nSPS) is 10.0. The fraction of sp³-hybridized carbons (Fsp3) is 0.300. The highest BCUT2D eigenvalue weighted by Gasteiger charge is 2.07. The van der Waals surface area contributed by atoms with Crippen LogP contribution in [-0.2, 0) is 17.6 Å². The molecule has 0 unspecified atom stereocenters. The number of nitriles is 1. The summed E-state index contributed by atoms with van der Waals surface area (Å²) in [6.07, 6.45) is 2.30. The Morgan fingerprint density at radius 1 is 1.08 bits per heavy atom. The molecule has 0 atom stereocenters. The van der Waals surface area contributed by atoms with E-state index in [9.17, 15) is 4.79 Å². The molecule has 124 valence electrons. The third-order valence-corrected chi connectivity index (χ3v) is 3.93. The first-order chi connectivity index (χ1) is 11.7. The van der Waals surface area contributed by atoms with Crippen molar-refractivity contribution in [3.8, 4) is 6.07 Å². The second-order valence-corrected chi connectivity index (χ2v) is 5.58. The maximum absolute atomic E-state index is 12.1. The zero-order valence-corrected chi connectivity index (χ0v) is 14.2. The lowest BCUT2D eigenvalue weighted by molar-refractivity contribution is -0.115. The number of hydrogen-bond acceptors (Lipinski definition) is 3. The van der Waals surface area contributed by atoms with E-state index in [0.29, 0.717) is 24.2 Å². The van der Waals surface area contributed by atoms with E-state index in [0.717, 1.165) is 18.5 Å². The van der Waals surface area contributed by atoms with Gasteiger partial charge in [0.15, 0.2) is 0 Å². The van der Waals surface area contributed by atoms with E-state index < -0.39 is 0 Å². The van der Waals surface area contributed by atoms with Crippen LogP contribution in [0.1, 0.15) is 37.0 Å². The molecular formula is C20H23N3O. The molecule has 0 aliphatic rings. The summed E-state index contributed by atoms with van der Waals surface area (Å²) in [6.45, 7) is 4.84. The van der Waals surface area contributed by atoms with E-state index in [2.05, 4.69) is 48.7 Å². The van der Waals surface area contributed by atoms with Gasteiger partial charge in [-0.25, -0.2) is 0 Å². The Hall–Kier alpha value is -2.80. The van der Waals surface area contributed by atoms with Crippen LogP contribution in [0.4, 0.5) is 11.4 Å². The third kappa shape index (κ3) is 4.60. The first-order valence-electron chi connectivity index (χ1n) is 8.32. The number of amides is 1. The fourth-order valence-corrected chi connectivity index (χ4v) is 2.66. The van der Waals surface area contributed by atoms with Crippen molar-refractivity contribution in [2.45, 2.75) is 33.1 Å². The molecular weight excluding hydrogens is 298 g/mol. The summed E-state index contributed by atoms with van der Waals surface area (Å²) in [6, 6.07) is 15.3. The van der Waals surface area contributed by atoms with Crippen LogP contribution in [0.25, 0.3) is 0 Å². The number of hydrogen-bond donors (Lipinski definition) is 2. The maximum Gasteiger partial charge on any atom is 0.226 e. The van der Waals surface area contributed by atoms with Crippen LogP contribution >= 0.6 is 0 Å². The number of nitrogens with one attached hydrogen (secondary N) is 2. The van der Waals surface area contributed by atoms with E-state index in [-0.39, 0.29) is 5.91 Å². The molecule has 0 spiro atoms. The summed E-state index contributed by atoms with van der Waals surface area (Å²) < 4.78 is 0. The second kappa shape index (κ2) is 8.73. The Bertz CT molecular complexity index is 725. The van der Waals surface area contributed by atoms with Crippen molar-refractivity contribution in [1.29, 1.82) is 5.26 Å². The van der Waals surface area contributed by atoms with E-state index >= 15 is 0 Å². The number of carbonyl (C=O) groups excluding carboxylic acids is 1. The van der Waals surface area contributed by atoms with Crippen molar-refractivity contribution in [2.75, 3.05) is 17.2 Å². The summed E-state index contributed by atoms with van der Waals surface area (Å²) in [5.41, 5.74) is 4.90. The number of rotatable bonds is 7. The van der Waals surface area contributed by atoms with Gasteiger partial charge in [0.2, 0.25) is 5.91 Å². The van der Waals surface area contributed by atoms with Crippen LogP contribution in [-0.4, -0.2) is 12.5 Å². The fourth-order valence-electron chi connectivity index (χ4n) is 2.66. The van der Waals surface area contributed by atoms with Gasteiger partial charge in [0.25, 0.3) is 0 Å². The molecule has 2 N–H and O–H groups in total. The van der Waals surface area contributed by atoms with Crippen LogP contribution < -0.4 is 10.6 Å². The van der Waals surface area contributed by atoms with Gasteiger partial charge in [-0.05, 0) is 42.2 Å². The molecule has 4 heteroatoms. The van der Waals surface area contributed by atoms with Gasteiger partial charge < -0.3 is 10.6 Å². The van der Waals surface area contributed by atoms with Gasteiger partial charge in [0, 0.05) is 24.3 Å². The maximum atomic E-state index is 12.1. The second-order valence-electron chi connectivity index (χ2n) is 5.58. The number of anilines is 2. The molecule has 24 heavy (non-hydrogen) atoms. The number of para-hydroxylation sites is 1. The highest BCUT2D eigenvalue weighted by Crippen LogP contribution is 2.22. The average molecular weight is 321 g/mol. The van der Waals surface area contributed by atoms with Crippen LogP contribution in [0.15, 0.2) is 42.5 Å². The number of carbonyl (C=O) groups is 1. The van der Waals surface area contributed by atoms with Gasteiger partial charge in [0.1, 0.15) is 0 Å². The van der Waals surface area contributed by atoms with Crippen LogP contribution in [0.5, 0.6) is 0 Å². The van der Waals surface area contributed by atoms with Gasteiger partial charge in [-0.15, -0.1) is 0 Å². The van der Waals surface area contributed by atoms with Crippen molar-refractivity contribution >= 4 is 17.3 Å². The van der Waals surface area contributed by atoms with Gasteiger partial charge >= 0.3 is 0 Å². The highest BCUT2D eigenvalue weighted by atomic mass is 16.1. The molecule has 0 aromatic heterocycles. The van der Waals surface area contributed by atoms with E-state index in [1.807, 2.05) is 0 Å². The minimum atomic E-state index is -0.0652. The topological polar surface area (TPSA) is 64.9 Å². The Kier molecular flexibility index (Phi) is 6.39. The number of nitrogens with zero attached hydrogens (tertiary/aromatic N) is 1. The largest absolute Gasteiger partial charge is 0.384 e. The Labute approximate surface area is 143 Å². The third-order valence-electron chi connectivity index (χ3n) is 3.93. The standard InChI is InChI=1S/C20H23N3O/c1-3-16-8-6-9-17(4-2)20(16)22-12-11-19(24)23-18-10-5-7-15(13-18)14-21/h5-10,13,22H,3-4,11-12H2,1-2H3,(H,23,24). The summed E-state index contributed by atoms with van der Waals surface area (Å²) in [5.74, 6) is -0.0652. The molecule has 0 saturated carbocycles. The van der Waals surface area contributed by atoms with Gasteiger partial charge in [-0.1, -0.05) is 38.1 Å². The van der Waals surface area contributed by atoms with Crippen molar-refractivity contribution < 1.29 is 4.79 Å². The highest BCUT2D eigenvalue weighted by molar-refractivity contribution is 5.91. The van der Waals surface area contributed by atoms with Gasteiger partial charge in [-0.2, -0.15) is 5.26 Å². The quantitative estimate of drug-likeness (QED) is 0.806. The molecule has 2 rings (SSSR count). The van der Waals surface area contributed by atoms with Crippen LogP contribution in [0.2, 0.25) is 0 Å². The lowest BCUT2D eigenvalue weighted by atomic mass is 10.0. The molecule has 0 bridgehead atoms. The lowest BCUT2D eigenvalue weighted by Gasteiger charge is -2.15. The summed E-state index contributed by atoms with van der Waals surface area (Å²) in [7, 11) is 0. The minimum Gasteiger partial charge on any atom is -0.384 e. The van der Waals surface area contributed by atoms with E-state index in [1.165, 1.54) is 11.1 Å². The summed E-state index contributed by atoms with van der Waals surface area (Å²) >= 11 is 0. The Balaban J connectivity index is 1.92. The molecule has 0 radical (unpaired) electrons. The molecule has 0 saturated heterocycles. The molecule has 0 fully saturated rings. The van der Waals surface area contributed by atoms with Crippen molar-refractivity contribution in [2.24, 2.45) is 0 Å². The first-order valence-corrected chi connectivity index (χ1v) is 8.32. The Morgan fingerprint density at radius 3 is 2.38 bits per heavy atom. The van der Waals surface area contributed by atoms with Crippen molar-refractivity contribution in [3.05, 3.63) is 59.2 Å². The lowest BCUT2D eigenvalue weighted by Crippen LogP contribution is -2.17. The Morgan fingerprint density at radius 2 is 1.75 bits per heavy atom. The van der Waals surface area contributed by atoms with Crippen molar-refractivity contribution in [3.63, 3.8) is 0 Å². The van der Waals surface area contributed by atoms with E-state index in [4.69, 9.17) is 5.26 Å². The minimum absolute atomic E-state index is 0.0652. The smallest absolute Gasteiger partial charge is 0.226 e. The molecule has 4 nitrogen and oxygen atoms in total. The SMILES string of the molecule is CCc1cccc(CC)c1NCCC(=O)Nc1cccc(C#N)c1. The van der Waals surface area contributed by atoms with Crippen LogP contribution in [0, 0.1) is 11.3 Å². The van der Waals surface area contributed by atoms with Crippen molar-refractivity contribution in [1.82, 2.24) is 0 Å². The van der Waals surface area contributed by atoms with E-state index in [1.54, 1.807) is 24.3 Å². The average Bonchev–Trinajstić information content (AvgIpc) is 2.61. The predicted octanol–water partition coefficient (Wildman–Crippen LogP) is 4.12. The monoisotopic (exact) mass is 321 g/mol. The molecule has 2 aromatic rings. The molecule has 1 amide bonds. The molecule has 0 aliphatic heterocycles. The zero-order chi connectivity index (χ0) is 17.4. The predicted molar refractivity (Wildman–Crippen MR) is 98.1 cm³/mol. The van der Waals surface area contributed by atoms with Gasteiger partial charge in [0.05, 0.1) is 11.6 Å². The summed E-state index contributed by atoms with van der Waals surface area (Å²) in [5, 5.41) is 15.1. The zero-order valence-electron chi connectivity index (χ0n) is 14.2. The number of benzene rings is 2. The summed E-state index contributed by atoms with van der Waals surface area (Å²) in [4.78, 5) is 12.1. The molecule has 0 aliphatic carbocycles.